The number of aromatic nitrogens is 2. The van der Waals surface area contributed by atoms with Gasteiger partial charge in [0.05, 0.1) is 15.9 Å². The number of fused-ring (bicyclic) bond motifs is 3. The summed E-state index contributed by atoms with van der Waals surface area (Å²) >= 11 is 1.53. The number of nitrogens with zero attached hydrogens (tertiary/aromatic N) is 3. The van der Waals surface area contributed by atoms with E-state index in [1.807, 2.05) is 34.9 Å². The summed E-state index contributed by atoms with van der Waals surface area (Å²) in [5.74, 6) is -0.0403. The highest BCUT2D eigenvalue weighted by molar-refractivity contribution is 7.23. The van der Waals surface area contributed by atoms with E-state index < -0.39 is 0 Å². The maximum absolute atomic E-state index is 14.5. The van der Waals surface area contributed by atoms with Crippen molar-refractivity contribution in [1.29, 1.82) is 0 Å². The number of carbonyl (C=O) groups excluding carboxylic acids is 1. The normalized spacial score (nSPS) is 11.8. The molecular weight excluding hydrogens is 409 g/mol. The van der Waals surface area contributed by atoms with Crippen molar-refractivity contribution in [2.45, 2.75) is 40.0 Å². The highest BCUT2D eigenvalue weighted by Gasteiger charge is 2.15. The molecule has 0 saturated carbocycles. The first kappa shape index (κ1) is 21.7. The zero-order chi connectivity index (χ0) is 22.0. The van der Waals surface area contributed by atoms with Crippen LogP contribution in [0, 0.1) is 12.7 Å². The molecule has 2 heterocycles. The predicted molar refractivity (Wildman–Crippen MR) is 127 cm³/mol. The molecule has 0 aliphatic carbocycles. The summed E-state index contributed by atoms with van der Waals surface area (Å²) in [7, 11) is 0. The molecule has 31 heavy (non-hydrogen) atoms. The smallest absolute Gasteiger partial charge is 0.195 e. The van der Waals surface area contributed by atoms with Crippen LogP contribution in [0.3, 0.4) is 0 Å². The first-order chi connectivity index (χ1) is 15.0. The molecule has 0 aliphatic rings. The van der Waals surface area contributed by atoms with E-state index in [0.717, 1.165) is 53.2 Å². The van der Waals surface area contributed by atoms with Crippen LogP contribution in [0.2, 0.25) is 0 Å². The van der Waals surface area contributed by atoms with Gasteiger partial charge in [-0.15, -0.1) is 0 Å². The number of imidazole rings is 1. The Balaban J connectivity index is 1.51. The van der Waals surface area contributed by atoms with Gasteiger partial charge in [0.1, 0.15) is 5.82 Å². The number of halogens is 1. The molecule has 0 amide bonds. The van der Waals surface area contributed by atoms with Crippen molar-refractivity contribution >= 4 is 32.3 Å². The maximum Gasteiger partial charge on any atom is 0.195 e. The second-order valence-electron chi connectivity index (χ2n) is 7.91. The standard InChI is InChI=1S/C25H28FN3OS/c1-4-28(5-2)14-7-6-11-22(30)18-12-13-21-23(15-18)31-25-27-20(16-29(21)25)19-10-8-9-17(3)24(19)26/h8-10,12-13,15-16H,4-7,11,14H2,1-3H3. The third-order valence-electron chi connectivity index (χ3n) is 5.91. The van der Waals surface area contributed by atoms with Crippen LogP contribution in [0.4, 0.5) is 4.39 Å². The van der Waals surface area contributed by atoms with E-state index in [1.54, 1.807) is 19.1 Å². The Morgan fingerprint density at radius 3 is 2.74 bits per heavy atom. The molecule has 0 N–H and O–H groups in total. The Hall–Kier alpha value is -2.57. The molecule has 0 spiro atoms. The lowest BCUT2D eigenvalue weighted by Gasteiger charge is -2.17. The molecule has 0 atom stereocenters. The third kappa shape index (κ3) is 4.41. The number of ketones is 1. The van der Waals surface area contributed by atoms with E-state index in [2.05, 4.69) is 23.7 Å². The maximum atomic E-state index is 14.5. The molecule has 0 saturated heterocycles. The van der Waals surface area contributed by atoms with Gasteiger partial charge in [-0.05, 0) is 69.2 Å². The highest BCUT2D eigenvalue weighted by Crippen LogP contribution is 2.31. The number of benzene rings is 2. The fourth-order valence-electron chi connectivity index (χ4n) is 3.95. The molecule has 0 radical (unpaired) electrons. The highest BCUT2D eigenvalue weighted by atomic mass is 32.1. The van der Waals surface area contributed by atoms with Crippen LogP contribution in [0.1, 0.15) is 49.0 Å². The minimum atomic E-state index is -0.230. The molecule has 0 aliphatic heterocycles. The molecule has 2 aromatic carbocycles. The molecular formula is C25H28FN3OS. The molecule has 2 aromatic heterocycles. The second-order valence-corrected chi connectivity index (χ2v) is 8.92. The molecule has 4 rings (SSSR count). The summed E-state index contributed by atoms with van der Waals surface area (Å²) in [5.41, 5.74) is 3.50. The van der Waals surface area contributed by atoms with Gasteiger partial charge in [0.15, 0.2) is 10.7 Å². The van der Waals surface area contributed by atoms with Crippen molar-refractivity contribution in [3.63, 3.8) is 0 Å². The summed E-state index contributed by atoms with van der Waals surface area (Å²) in [6, 6.07) is 11.2. The Morgan fingerprint density at radius 2 is 1.97 bits per heavy atom. The summed E-state index contributed by atoms with van der Waals surface area (Å²) < 4.78 is 17.5. The van der Waals surface area contributed by atoms with Gasteiger partial charge in [-0.2, -0.15) is 0 Å². The van der Waals surface area contributed by atoms with E-state index in [-0.39, 0.29) is 11.6 Å². The van der Waals surface area contributed by atoms with Gasteiger partial charge in [-0.1, -0.05) is 37.3 Å². The van der Waals surface area contributed by atoms with Gasteiger partial charge in [0.25, 0.3) is 0 Å². The fourth-order valence-corrected chi connectivity index (χ4v) is 5.00. The SMILES string of the molecule is CCN(CC)CCCCC(=O)c1ccc2c(c1)sc1nc(-c3cccc(C)c3F)cn12. The number of thiazole rings is 1. The van der Waals surface area contributed by atoms with Crippen LogP contribution in [-0.4, -0.2) is 39.7 Å². The zero-order valence-corrected chi connectivity index (χ0v) is 19.1. The van der Waals surface area contributed by atoms with Crippen molar-refractivity contribution in [3.05, 3.63) is 59.5 Å². The monoisotopic (exact) mass is 437 g/mol. The number of unbranched alkanes of at least 4 members (excludes halogenated alkanes) is 1. The van der Waals surface area contributed by atoms with Gasteiger partial charge in [0, 0.05) is 23.7 Å². The lowest BCUT2D eigenvalue weighted by Crippen LogP contribution is -2.24. The summed E-state index contributed by atoms with van der Waals surface area (Å²) in [6.07, 6.45) is 4.40. The van der Waals surface area contributed by atoms with E-state index in [9.17, 15) is 9.18 Å². The Morgan fingerprint density at radius 1 is 1.16 bits per heavy atom. The minimum Gasteiger partial charge on any atom is -0.304 e. The van der Waals surface area contributed by atoms with Crippen molar-refractivity contribution in [2.75, 3.05) is 19.6 Å². The number of aryl methyl sites for hydroxylation is 1. The largest absolute Gasteiger partial charge is 0.304 e. The van der Waals surface area contributed by atoms with Crippen LogP contribution in [0.5, 0.6) is 0 Å². The number of hydrogen-bond acceptors (Lipinski definition) is 4. The Bertz CT molecular complexity index is 1220. The molecule has 0 bridgehead atoms. The van der Waals surface area contributed by atoms with Gasteiger partial charge >= 0.3 is 0 Å². The first-order valence-corrected chi connectivity index (χ1v) is 11.8. The van der Waals surface area contributed by atoms with E-state index >= 15 is 0 Å². The van der Waals surface area contributed by atoms with Gasteiger partial charge in [-0.3, -0.25) is 9.20 Å². The zero-order valence-electron chi connectivity index (χ0n) is 18.3. The number of hydrogen-bond donors (Lipinski definition) is 0. The van der Waals surface area contributed by atoms with E-state index in [0.29, 0.717) is 23.2 Å². The average molecular weight is 438 g/mol. The number of Topliss-reactive ketones (excluding diaryl/α,β-unsaturated/α-hetero) is 1. The van der Waals surface area contributed by atoms with E-state index in [1.165, 1.54) is 11.3 Å². The van der Waals surface area contributed by atoms with Crippen LogP contribution in [0.25, 0.3) is 26.4 Å². The Kier molecular flexibility index (Phi) is 6.49. The molecule has 4 aromatic rings. The molecule has 162 valence electrons. The Labute approximate surface area is 186 Å². The average Bonchev–Trinajstić information content (AvgIpc) is 3.33. The lowest BCUT2D eigenvalue weighted by atomic mass is 10.1. The van der Waals surface area contributed by atoms with Crippen molar-refractivity contribution in [2.24, 2.45) is 0 Å². The fraction of sp³-hybridized carbons (Fsp3) is 0.360. The van der Waals surface area contributed by atoms with Crippen molar-refractivity contribution < 1.29 is 9.18 Å². The molecule has 0 unspecified atom stereocenters. The van der Waals surface area contributed by atoms with Crippen LogP contribution < -0.4 is 0 Å². The van der Waals surface area contributed by atoms with Gasteiger partial charge in [0.2, 0.25) is 0 Å². The van der Waals surface area contributed by atoms with Gasteiger partial charge < -0.3 is 4.90 Å². The van der Waals surface area contributed by atoms with Crippen molar-refractivity contribution in [3.8, 4) is 11.3 Å². The topological polar surface area (TPSA) is 37.6 Å². The molecule has 6 heteroatoms. The van der Waals surface area contributed by atoms with Crippen LogP contribution in [0.15, 0.2) is 42.6 Å². The van der Waals surface area contributed by atoms with E-state index in [4.69, 9.17) is 0 Å². The van der Waals surface area contributed by atoms with Gasteiger partial charge in [-0.25, -0.2) is 9.37 Å². The lowest BCUT2D eigenvalue weighted by molar-refractivity contribution is 0.0978. The third-order valence-corrected chi connectivity index (χ3v) is 6.92. The minimum absolute atomic E-state index is 0.190. The van der Waals surface area contributed by atoms with Crippen molar-refractivity contribution in [1.82, 2.24) is 14.3 Å². The molecule has 4 nitrogen and oxygen atoms in total. The summed E-state index contributed by atoms with van der Waals surface area (Å²) in [4.78, 5) is 20.5. The number of carbonyl (C=O) groups is 1. The molecule has 0 fully saturated rings. The van der Waals surface area contributed by atoms with Crippen LogP contribution >= 0.6 is 11.3 Å². The summed E-state index contributed by atoms with van der Waals surface area (Å²) in [6.45, 7) is 9.25. The quantitative estimate of drug-likeness (QED) is 0.226. The second kappa shape index (κ2) is 9.28. The first-order valence-electron chi connectivity index (χ1n) is 10.9. The summed E-state index contributed by atoms with van der Waals surface area (Å²) in [5, 5.41) is 0. The van der Waals surface area contributed by atoms with Crippen LogP contribution in [-0.2, 0) is 0 Å². The number of rotatable bonds is 9. The predicted octanol–water partition coefficient (Wildman–Crippen LogP) is 6.36.